The number of carbonyl (C=O) groups excluding carboxylic acids is 2. The van der Waals surface area contributed by atoms with Crippen LogP contribution in [0.15, 0.2) is 59.6 Å². The molecule has 3 fully saturated rings. The van der Waals surface area contributed by atoms with Gasteiger partial charge in [0.15, 0.2) is 0 Å². The van der Waals surface area contributed by atoms with Crippen LogP contribution in [0.1, 0.15) is 62.7 Å². The van der Waals surface area contributed by atoms with E-state index in [2.05, 4.69) is 24.0 Å². The van der Waals surface area contributed by atoms with Crippen molar-refractivity contribution in [3.8, 4) is 5.75 Å². The lowest BCUT2D eigenvalue weighted by Crippen LogP contribution is -2.48. The van der Waals surface area contributed by atoms with E-state index in [1.54, 1.807) is 17.0 Å². The van der Waals surface area contributed by atoms with Gasteiger partial charge in [0.2, 0.25) is 11.8 Å². The number of allylic oxidation sites excluding steroid dienone is 2. The van der Waals surface area contributed by atoms with Crippen molar-refractivity contribution >= 4 is 30.5 Å². The first-order valence-electron chi connectivity index (χ1n) is 14.5. The number of amides is 2. The average Bonchev–Trinajstić information content (AvgIpc) is 3.19. The van der Waals surface area contributed by atoms with Crippen LogP contribution >= 0.6 is 11.6 Å². The lowest BCUT2D eigenvalue weighted by molar-refractivity contribution is -0.144. The maximum absolute atomic E-state index is 14.1. The SMILES string of the molecule is CCCC1=C2B(O)O[C@H](c3ccc(O)cc3Cl)C[C@H]2[C@H]2C(=O)N(C3CCN(Cc4ccccc4)CC3)C(=O)[C@H]2C1. The Labute approximate surface area is 240 Å². The highest BCUT2D eigenvalue weighted by atomic mass is 35.5. The number of aromatic hydroxyl groups is 1. The number of fused-ring (bicyclic) bond motifs is 3. The zero-order valence-corrected chi connectivity index (χ0v) is 23.6. The molecule has 210 valence electrons. The Morgan fingerprint density at radius 3 is 2.50 bits per heavy atom. The number of phenolic OH excluding ortho intramolecular Hbond substituents is 1. The lowest BCUT2D eigenvalue weighted by Gasteiger charge is -2.42. The molecule has 0 unspecified atom stereocenters. The van der Waals surface area contributed by atoms with Gasteiger partial charge >= 0.3 is 7.12 Å². The van der Waals surface area contributed by atoms with Gasteiger partial charge in [-0.25, -0.2) is 0 Å². The Hall–Kier alpha value is -2.65. The molecule has 9 heteroatoms. The molecular weight excluding hydrogens is 527 g/mol. The first kappa shape index (κ1) is 27.5. The monoisotopic (exact) mass is 562 g/mol. The second kappa shape index (κ2) is 11.3. The number of hydrogen-bond donors (Lipinski definition) is 2. The van der Waals surface area contributed by atoms with Gasteiger partial charge in [-0.1, -0.05) is 66.9 Å². The first-order chi connectivity index (χ1) is 19.4. The van der Waals surface area contributed by atoms with Crippen LogP contribution in [-0.4, -0.2) is 58.0 Å². The second-order valence-electron chi connectivity index (χ2n) is 11.7. The van der Waals surface area contributed by atoms with Crippen LogP contribution in [0.5, 0.6) is 5.75 Å². The lowest BCUT2D eigenvalue weighted by atomic mass is 9.54. The molecule has 0 aromatic heterocycles. The number of nitrogens with zero attached hydrogens (tertiary/aromatic N) is 2. The van der Waals surface area contributed by atoms with E-state index in [-0.39, 0.29) is 29.5 Å². The van der Waals surface area contributed by atoms with E-state index in [0.29, 0.717) is 23.4 Å². The minimum Gasteiger partial charge on any atom is -0.508 e. The van der Waals surface area contributed by atoms with Crippen molar-refractivity contribution in [1.82, 2.24) is 9.80 Å². The van der Waals surface area contributed by atoms with Gasteiger partial charge in [0.25, 0.3) is 0 Å². The number of halogens is 1. The summed E-state index contributed by atoms with van der Waals surface area (Å²) in [6.45, 7) is 4.64. The van der Waals surface area contributed by atoms with E-state index < -0.39 is 25.1 Å². The van der Waals surface area contributed by atoms with Gasteiger partial charge < -0.3 is 14.8 Å². The quantitative estimate of drug-likeness (QED) is 0.384. The fourth-order valence-corrected chi connectivity index (χ4v) is 7.78. The van der Waals surface area contributed by atoms with Crippen molar-refractivity contribution < 1.29 is 24.4 Å². The van der Waals surface area contributed by atoms with E-state index in [1.165, 1.54) is 11.6 Å². The molecule has 7 nitrogen and oxygen atoms in total. The number of benzene rings is 2. The first-order valence-corrected chi connectivity index (χ1v) is 14.9. The van der Waals surface area contributed by atoms with Gasteiger partial charge in [-0.3, -0.25) is 19.4 Å². The van der Waals surface area contributed by atoms with Crippen LogP contribution < -0.4 is 0 Å². The minimum absolute atomic E-state index is 0.0515. The summed E-state index contributed by atoms with van der Waals surface area (Å²) in [7, 11) is -1.16. The Bertz CT molecular complexity index is 1310. The summed E-state index contributed by atoms with van der Waals surface area (Å²) in [5.41, 5.74) is 3.77. The summed E-state index contributed by atoms with van der Waals surface area (Å²) in [6, 6.07) is 15.0. The fourth-order valence-electron chi connectivity index (χ4n) is 7.49. The predicted octanol–water partition coefficient (Wildman–Crippen LogP) is 4.91. The van der Waals surface area contributed by atoms with Crippen molar-refractivity contribution in [1.29, 1.82) is 0 Å². The van der Waals surface area contributed by atoms with Gasteiger partial charge in [0.05, 0.1) is 17.9 Å². The molecule has 2 N–H and O–H groups in total. The van der Waals surface area contributed by atoms with Crippen molar-refractivity contribution in [3.05, 3.63) is 75.7 Å². The van der Waals surface area contributed by atoms with Crippen LogP contribution in [0.25, 0.3) is 0 Å². The highest BCUT2D eigenvalue weighted by molar-refractivity contribution is 6.53. The molecule has 3 aliphatic heterocycles. The Balaban J connectivity index is 1.23. The second-order valence-corrected chi connectivity index (χ2v) is 12.1. The van der Waals surface area contributed by atoms with E-state index in [4.69, 9.17) is 16.3 Å². The fraction of sp³-hybridized carbons (Fsp3) is 0.484. The molecule has 0 radical (unpaired) electrons. The topological polar surface area (TPSA) is 90.3 Å². The van der Waals surface area contributed by atoms with Crippen molar-refractivity contribution in [3.63, 3.8) is 0 Å². The summed E-state index contributed by atoms with van der Waals surface area (Å²) in [5, 5.41) is 21.4. The van der Waals surface area contributed by atoms with E-state index >= 15 is 0 Å². The van der Waals surface area contributed by atoms with Gasteiger partial charge in [-0.05, 0) is 66.8 Å². The number of phenols is 1. The molecule has 1 aliphatic carbocycles. The molecule has 4 atom stereocenters. The number of piperidine rings is 1. The molecule has 3 saturated heterocycles. The maximum atomic E-state index is 14.1. The summed E-state index contributed by atoms with van der Waals surface area (Å²) in [4.78, 5) is 32.0. The number of likely N-dealkylation sites (tertiary alicyclic amines) is 2. The number of hydrogen-bond acceptors (Lipinski definition) is 6. The average molecular weight is 563 g/mol. The molecule has 0 bridgehead atoms. The Morgan fingerprint density at radius 2 is 1.80 bits per heavy atom. The van der Waals surface area contributed by atoms with Crippen LogP contribution in [-0.2, 0) is 20.8 Å². The summed E-state index contributed by atoms with van der Waals surface area (Å²) >= 11 is 6.45. The molecule has 2 aromatic carbocycles. The minimum atomic E-state index is -1.16. The van der Waals surface area contributed by atoms with E-state index in [1.807, 2.05) is 18.2 Å². The number of imide groups is 1. The van der Waals surface area contributed by atoms with Crippen LogP contribution in [0.3, 0.4) is 0 Å². The third-order valence-electron chi connectivity index (χ3n) is 9.30. The van der Waals surface area contributed by atoms with Crippen molar-refractivity contribution in [2.24, 2.45) is 17.8 Å². The molecule has 0 saturated carbocycles. The molecule has 2 aromatic rings. The smallest absolute Gasteiger partial charge is 0.487 e. The van der Waals surface area contributed by atoms with Crippen molar-refractivity contribution in [2.45, 2.75) is 64.1 Å². The highest BCUT2D eigenvalue weighted by Crippen LogP contribution is 2.53. The maximum Gasteiger partial charge on any atom is 0.487 e. The third-order valence-corrected chi connectivity index (χ3v) is 9.63. The van der Waals surface area contributed by atoms with Crippen LogP contribution in [0, 0.1) is 17.8 Å². The number of rotatable bonds is 6. The highest BCUT2D eigenvalue weighted by Gasteiger charge is 2.58. The molecule has 2 amide bonds. The summed E-state index contributed by atoms with van der Waals surface area (Å²) in [6.07, 6.45) is 3.60. The predicted molar refractivity (Wildman–Crippen MR) is 153 cm³/mol. The zero-order chi connectivity index (χ0) is 28.0. The van der Waals surface area contributed by atoms with Gasteiger partial charge in [-0.2, -0.15) is 0 Å². The van der Waals surface area contributed by atoms with Crippen molar-refractivity contribution in [2.75, 3.05) is 13.1 Å². The van der Waals surface area contributed by atoms with Gasteiger partial charge in [-0.15, -0.1) is 0 Å². The van der Waals surface area contributed by atoms with Gasteiger partial charge in [0, 0.05) is 30.7 Å². The largest absolute Gasteiger partial charge is 0.508 e. The summed E-state index contributed by atoms with van der Waals surface area (Å²) < 4.78 is 6.07. The van der Waals surface area contributed by atoms with Gasteiger partial charge in [0.1, 0.15) is 5.75 Å². The number of carbonyl (C=O) groups is 2. The summed E-state index contributed by atoms with van der Waals surface area (Å²) in [5.74, 6) is -1.29. The molecule has 3 heterocycles. The Kier molecular flexibility index (Phi) is 7.79. The molecule has 40 heavy (non-hydrogen) atoms. The third kappa shape index (κ3) is 5.00. The van der Waals surface area contributed by atoms with Crippen LogP contribution in [0.4, 0.5) is 0 Å². The Morgan fingerprint density at radius 1 is 1.05 bits per heavy atom. The normalized spacial score (nSPS) is 27.8. The molecule has 4 aliphatic rings. The standard InChI is InChI=1S/C31H36BClN2O5/c1-2-6-20-15-25-28(24-17-27(40-32(39)29(20)24)23-10-9-22(36)16-26(23)33)31(38)35(30(25)37)21-11-13-34(14-12-21)18-19-7-4-3-5-8-19/h3-5,7-10,16,21,24-25,27-28,36,39H,2,6,11-15,17-18H2,1H3/t24-,25-,27-,28+/m0/s1. The van der Waals surface area contributed by atoms with Crippen LogP contribution in [0.2, 0.25) is 5.02 Å². The molecular formula is C31H36BClN2O5. The molecule has 6 rings (SSSR count). The molecule has 0 spiro atoms. The zero-order valence-electron chi connectivity index (χ0n) is 22.8. The van der Waals surface area contributed by atoms with E-state index in [0.717, 1.165) is 56.4 Å². The van der Waals surface area contributed by atoms with E-state index in [9.17, 15) is 19.7 Å².